The van der Waals surface area contributed by atoms with Crippen molar-refractivity contribution < 1.29 is 9.13 Å². The van der Waals surface area contributed by atoms with Crippen molar-refractivity contribution in [2.24, 2.45) is 0 Å². The third-order valence-electron chi connectivity index (χ3n) is 3.10. The molecule has 1 atom stereocenters. The highest BCUT2D eigenvalue weighted by Crippen LogP contribution is 2.29. The van der Waals surface area contributed by atoms with Crippen molar-refractivity contribution in [2.45, 2.75) is 25.5 Å². The Balaban J connectivity index is 2.08. The molecule has 0 bridgehead atoms. The van der Waals surface area contributed by atoms with Gasteiger partial charge in [0.25, 0.3) is 0 Å². The number of fused-ring (bicyclic) bond motifs is 1. The Kier molecular flexibility index (Phi) is 2.88. The first-order valence-electron chi connectivity index (χ1n) is 5.70. The van der Waals surface area contributed by atoms with Crippen molar-refractivity contribution in [3.8, 4) is 0 Å². The van der Waals surface area contributed by atoms with E-state index in [1.807, 2.05) is 6.07 Å². The molecule has 1 fully saturated rings. The highest BCUT2D eigenvalue weighted by atomic mass is 79.9. The predicted octanol–water partition coefficient (Wildman–Crippen LogP) is 3.64. The van der Waals surface area contributed by atoms with Gasteiger partial charge in [0.2, 0.25) is 0 Å². The first kappa shape index (κ1) is 11.2. The van der Waals surface area contributed by atoms with Crippen LogP contribution in [0.3, 0.4) is 0 Å². The number of rotatable bonds is 1. The van der Waals surface area contributed by atoms with Crippen LogP contribution in [0.5, 0.6) is 0 Å². The van der Waals surface area contributed by atoms with Crippen molar-refractivity contribution in [2.75, 3.05) is 6.61 Å². The van der Waals surface area contributed by atoms with E-state index in [0.29, 0.717) is 9.86 Å². The lowest BCUT2D eigenvalue weighted by molar-refractivity contribution is -0.0366. The van der Waals surface area contributed by atoms with Crippen LogP contribution >= 0.6 is 15.9 Å². The molecule has 0 aliphatic carbocycles. The van der Waals surface area contributed by atoms with E-state index in [1.165, 1.54) is 0 Å². The quantitative estimate of drug-likeness (QED) is 0.804. The van der Waals surface area contributed by atoms with Gasteiger partial charge in [0.15, 0.2) is 6.23 Å². The number of hydrogen-bond acceptors (Lipinski definition) is 2. The average molecular weight is 299 g/mol. The summed E-state index contributed by atoms with van der Waals surface area (Å²) in [6.07, 6.45) is 4.67. The fourth-order valence-corrected chi connectivity index (χ4v) is 2.55. The molecule has 0 radical (unpaired) electrons. The SMILES string of the molecule is Fc1c(Br)ccc2c1cnn2[C@H]1CCCCO1. The molecule has 17 heavy (non-hydrogen) atoms. The summed E-state index contributed by atoms with van der Waals surface area (Å²) < 4.78 is 21.8. The van der Waals surface area contributed by atoms with Gasteiger partial charge >= 0.3 is 0 Å². The van der Waals surface area contributed by atoms with Crippen molar-refractivity contribution in [3.05, 3.63) is 28.6 Å². The molecule has 2 heterocycles. The molecule has 1 aromatic carbocycles. The summed E-state index contributed by atoms with van der Waals surface area (Å²) in [5.41, 5.74) is 0.789. The summed E-state index contributed by atoms with van der Waals surface area (Å²) in [6.45, 7) is 0.755. The van der Waals surface area contributed by atoms with E-state index in [0.717, 1.165) is 31.4 Å². The highest BCUT2D eigenvalue weighted by molar-refractivity contribution is 9.10. The highest BCUT2D eigenvalue weighted by Gasteiger charge is 2.19. The smallest absolute Gasteiger partial charge is 0.150 e. The Labute approximate surface area is 107 Å². The monoisotopic (exact) mass is 298 g/mol. The van der Waals surface area contributed by atoms with Crippen LogP contribution < -0.4 is 0 Å². The van der Waals surface area contributed by atoms with Crippen molar-refractivity contribution in [1.29, 1.82) is 0 Å². The summed E-state index contributed by atoms with van der Waals surface area (Å²) in [6, 6.07) is 3.58. The minimum atomic E-state index is -0.260. The molecule has 1 aliphatic rings. The Morgan fingerprint density at radius 1 is 1.41 bits per heavy atom. The first-order chi connectivity index (χ1) is 8.27. The molecule has 5 heteroatoms. The summed E-state index contributed by atoms with van der Waals surface area (Å²) >= 11 is 3.18. The van der Waals surface area contributed by atoms with E-state index in [1.54, 1.807) is 16.9 Å². The maximum Gasteiger partial charge on any atom is 0.150 e. The van der Waals surface area contributed by atoms with Gasteiger partial charge in [-0.05, 0) is 47.3 Å². The molecular weight excluding hydrogens is 287 g/mol. The third kappa shape index (κ3) is 1.87. The molecule has 2 aromatic rings. The van der Waals surface area contributed by atoms with E-state index < -0.39 is 0 Å². The van der Waals surface area contributed by atoms with Crippen LogP contribution in [0.2, 0.25) is 0 Å². The minimum absolute atomic E-state index is 0.0539. The molecule has 90 valence electrons. The number of benzene rings is 1. The topological polar surface area (TPSA) is 27.1 Å². The van der Waals surface area contributed by atoms with Gasteiger partial charge < -0.3 is 4.74 Å². The van der Waals surface area contributed by atoms with E-state index in [4.69, 9.17) is 4.74 Å². The molecule has 0 unspecified atom stereocenters. The van der Waals surface area contributed by atoms with Gasteiger partial charge in [0, 0.05) is 6.61 Å². The Morgan fingerprint density at radius 3 is 3.06 bits per heavy atom. The average Bonchev–Trinajstić information content (AvgIpc) is 2.79. The van der Waals surface area contributed by atoms with Gasteiger partial charge in [-0.3, -0.25) is 0 Å². The van der Waals surface area contributed by atoms with Gasteiger partial charge in [-0.25, -0.2) is 9.07 Å². The van der Waals surface area contributed by atoms with Crippen LogP contribution in [0.15, 0.2) is 22.8 Å². The first-order valence-corrected chi connectivity index (χ1v) is 6.49. The van der Waals surface area contributed by atoms with Gasteiger partial charge in [-0.15, -0.1) is 0 Å². The fourth-order valence-electron chi connectivity index (χ4n) is 2.21. The fraction of sp³-hybridized carbons (Fsp3) is 0.417. The summed E-state index contributed by atoms with van der Waals surface area (Å²) in [4.78, 5) is 0. The van der Waals surface area contributed by atoms with Crippen molar-refractivity contribution in [1.82, 2.24) is 9.78 Å². The zero-order valence-corrected chi connectivity index (χ0v) is 10.8. The largest absolute Gasteiger partial charge is 0.356 e. The van der Waals surface area contributed by atoms with Gasteiger partial charge in [-0.2, -0.15) is 5.10 Å². The van der Waals surface area contributed by atoms with Crippen molar-refractivity contribution >= 4 is 26.8 Å². The van der Waals surface area contributed by atoms with Crippen LogP contribution in [0.1, 0.15) is 25.5 Å². The lowest BCUT2D eigenvalue weighted by Gasteiger charge is -2.23. The van der Waals surface area contributed by atoms with Gasteiger partial charge in [0.1, 0.15) is 5.82 Å². The number of nitrogens with zero attached hydrogens (tertiary/aromatic N) is 2. The van der Waals surface area contributed by atoms with Crippen LogP contribution in [-0.2, 0) is 4.74 Å². The molecule has 3 rings (SSSR count). The second kappa shape index (κ2) is 4.38. The second-order valence-electron chi connectivity index (χ2n) is 4.20. The van der Waals surface area contributed by atoms with Gasteiger partial charge in [-0.1, -0.05) is 0 Å². The van der Waals surface area contributed by atoms with E-state index in [-0.39, 0.29) is 12.0 Å². The molecule has 1 aliphatic heterocycles. The van der Waals surface area contributed by atoms with Crippen LogP contribution in [0, 0.1) is 5.82 Å². The lowest BCUT2D eigenvalue weighted by Crippen LogP contribution is -2.18. The second-order valence-corrected chi connectivity index (χ2v) is 5.06. The molecule has 0 spiro atoms. The zero-order chi connectivity index (χ0) is 11.8. The maximum absolute atomic E-state index is 13.8. The Bertz CT molecular complexity index is 549. The standard InChI is InChI=1S/C12H12BrFN2O/c13-9-4-5-10-8(12(9)14)7-15-16(10)11-3-1-2-6-17-11/h4-5,7,11H,1-3,6H2/t11-/m1/s1. The summed E-state index contributed by atoms with van der Waals surface area (Å²) in [7, 11) is 0. The molecule has 0 N–H and O–H groups in total. The molecule has 0 saturated carbocycles. The van der Waals surface area contributed by atoms with E-state index in [2.05, 4.69) is 21.0 Å². The maximum atomic E-state index is 13.8. The summed E-state index contributed by atoms with van der Waals surface area (Å²) in [5, 5.41) is 4.79. The number of halogens is 2. The predicted molar refractivity (Wildman–Crippen MR) is 66.2 cm³/mol. The number of aromatic nitrogens is 2. The lowest BCUT2D eigenvalue weighted by atomic mass is 10.2. The zero-order valence-electron chi connectivity index (χ0n) is 9.20. The molecule has 1 aromatic heterocycles. The molecule has 1 saturated heterocycles. The minimum Gasteiger partial charge on any atom is -0.356 e. The number of hydrogen-bond donors (Lipinski definition) is 0. The van der Waals surface area contributed by atoms with Gasteiger partial charge in [0.05, 0.1) is 21.6 Å². The van der Waals surface area contributed by atoms with E-state index >= 15 is 0 Å². The van der Waals surface area contributed by atoms with E-state index in [9.17, 15) is 4.39 Å². The molecular formula is C12H12BrFN2O. The third-order valence-corrected chi connectivity index (χ3v) is 3.71. The summed E-state index contributed by atoms with van der Waals surface area (Å²) in [5.74, 6) is -0.260. The molecule has 0 amide bonds. The Morgan fingerprint density at radius 2 is 2.29 bits per heavy atom. The van der Waals surface area contributed by atoms with Crippen LogP contribution in [-0.4, -0.2) is 16.4 Å². The van der Waals surface area contributed by atoms with Crippen molar-refractivity contribution in [3.63, 3.8) is 0 Å². The normalized spacial score (nSPS) is 20.9. The van der Waals surface area contributed by atoms with Crippen LogP contribution in [0.4, 0.5) is 4.39 Å². The number of ether oxygens (including phenoxy) is 1. The van der Waals surface area contributed by atoms with Crippen LogP contribution in [0.25, 0.3) is 10.9 Å². The Hall–Kier alpha value is -0.940. The molecule has 3 nitrogen and oxygen atoms in total.